The molecule has 1 atom stereocenters. The summed E-state index contributed by atoms with van der Waals surface area (Å²) in [6.45, 7) is 3.81. The van der Waals surface area contributed by atoms with E-state index in [2.05, 4.69) is 25.2 Å². The summed E-state index contributed by atoms with van der Waals surface area (Å²) in [7, 11) is -0.379. The minimum absolute atomic E-state index is 0.0791. The van der Waals surface area contributed by atoms with Crippen LogP contribution < -0.4 is 4.72 Å². The van der Waals surface area contributed by atoms with Crippen molar-refractivity contribution in [3.63, 3.8) is 0 Å². The highest BCUT2D eigenvalue weighted by molar-refractivity contribution is 7.92. The fourth-order valence-corrected chi connectivity index (χ4v) is 3.50. The van der Waals surface area contributed by atoms with Crippen molar-refractivity contribution >= 4 is 15.8 Å². The van der Waals surface area contributed by atoms with E-state index in [9.17, 15) is 8.42 Å². The Labute approximate surface area is 129 Å². The maximum atomic E-state index is 12.3. The zero-order valence-corrected chi connectivity index (χ0v) is 13.8. The number of ether oxygens (including phenoxy) is 1. The number of hydrogen-bond acceptors (Lipinski definition) is 6. The van der Waals surface area contributed by atoms with Gasteiger partial charge in [-0.05, 0) is 12.0 Å². The maximum absolute atomic E-state index is 12.3. The van der Waals surface area contributed by atoms with E-state index in [1.165, 1.54) is 7.11 Å². The van der Waals surface area contributed by atoms with Gasteiger partial charge >= 0.3 is 0 Å². The van der Waals surface area contributed by atoms with Gasteiger partial charge in [0.1, 0.15) is 0 Å². The van der Waals surface area contributed by atoms with Crippen LogP contribution in [0.15, 0.2) is 12.3 Å². The fraction of sp³-hybridized carbons (Fsp3) is 0.583. The van der Waals surface area contributed by atoms with Gasteiger partial charge in [-0.3, -0.25) is 9.40 Å². The normalized spacial score (nSPS) is 13.5. The number of anilines is 1. The Bertz CT molecular complexity index is 721. The number of hydrogen-bond donors (Lipinski definition) is 2. The van der Waals surface area contributed by atoms with E-state index in [0.717, 1.165) is 0 Å². The largest absolute Gasteiger partial charge is 0.380 e. The van der Waals surface area contributed by atoms with Crippen LogP contribution in [0.5, 0.6) is 0 Å². The summed E-state index contributed by atoms with van der Waals surface area (Å²) >= 11 is 0. The first kappa shape index (κ1) is 16.4. The predicted molar refractivity (Wildman–Crippen MR) is 81.6 cm³/mol. The van der Waals surface area contributed by atoms with Crippen LogP contribution in [0.3, 0.4) is 0 Å². The molecule has 0 aliphatic heterocycles. The van der Waals surface area contributed by atoms with E-state index in [-0.39, 0.29) is 17.5 Å². The van der Waals surface area contributed by atoms with Crippen LogP contribution in [0.1, 0.15) is 13.8 Å². The second-order valence-electron chi connectivity index (χ2n) is 5.26. The van der Waals surface area contributed by atoms with Gasteiger partial charge in [0, 0.05) is 20.4 Å². The van der Waals surface area contributed by atoms with Crippen molar-refractivity contribution in [2.45, 2.75) is 20.0 Å². The van der Waals surface area contributed by atoms with Gasteiger partial charge in [-0.1, -0.05) is 13.8 Å². The summed E-state index contributed by atoms with van der Waals surface area (Å²) in [5.74, 6) is 0.0661. The first-order chi connectivity index (χ1) is 10.3. The highest BCUT2D eigenvalue weighted by atomic mass is 32.2. The Morgan fingerprint density at radius 2 is 2.14 bits per heavy atom. The fourth-order valence-electron chi connectivity index (χ4n) is 2.02. The zero-order chi connectivity index (χ0) is 16.3. The van der Waals surface area contributed by atoms with E-state index in [4.69, 9.17) is 4.74 Å². The molecule has 0 bridgehead atoms. The molecule has 0 aromatic carbocycles. The molecule has 0 radical (unpaired) electrons. The number of aromatic nitrogens is 5. The number of aromatic amines is 1. The molecule has 22 heavy (non-hydrogen) atoms. The second kappa shape index (κ2) is 6.44. The van der Waals surface area contributed by atoms with Crippen LogP contribution in [0, 0.1) is 5.92 Å². The molecule has 0 amide bonds. The monoisotopic (exact) mass is 328 g/mol. The lowest BCUT2D eigenvalue weighted by Crippen LogP contribution is -2.31. The molecule has 0 saturated heterocycles. The van der Waals surface area contributed by atoms with Crippen molar-refractivity contribution < 1.29 is 13.2 Å². The second-order valence-corrected chi connectivity index (χ2v) is 7.03. The van der Waals surface area contributed by atoms with Crippen LogP contribution in [0.4, 0.5) is 5.82 Å². The molecule has 0 spiro atoms. The van der Waals surface area contributed by atoms with Gasteiger partial charge in [0.05, 0.1) is 17.6 Å². The number of aryl methyl sites for hydroxylation is 1. The van der Waals surface area contributed by atoms with Crippen LogP contribution >= 0.6 is 0 Å². The predicted octanol–water partition coefficient (Wildman–Crippen LogP) is 0.618. The number of sulfonamides is 1. The molecule has 2 N–H and O–H groups in total. The van der Waals surface area contributed by atoms with Crippen molar-refractivity contribution in [3.05, 3.63) is 12.3 Å². The zero-order valence-electron chi connectivity index (χ0n) is 12.9. The number of nitrogens with zero attached hydrogens (tertiary/aromatic N) is 4. The van der Waals surface area contributed by atoms with E-state index >= 15 is 0 Å². The summed E-state index contributed by atoms with van der Waals surface area (Å²) in [5.41, 5.74) is 1.04. The highest BCUT2D eigenvalue weighted by Gasteiger charge is 2.24. The topological polar surface area (TPSA) is 115 Å². The Kier molecular flexibility index (Phi) is 4.81. The molecule has 0 fully saturated rings. The van der Waals surface area contributed by atoms with Crippen molar-refractivity contribution in [1.29, 1.82) is 0 Å². The minimum atomic E-state index is -3.61. The van der Waals surface area contributed by atoms with Crippen molar-refractivity contribution in [2.24, 2.45) is 13.0 Å². The van der Waals surface area contributed by atoms with Crippen LogP contribution in [0.2, 0.25) is 0 Å². The summed E-state index contributed by atoms with van der Waals surface area (Å²) in [4.78, 5) is 0. The van der Waals surface area contributed by atoms with Gasteiger partial charge in [0.25, 0.3) is 0 Å². The third-order valence-corrected chi connectivity index (χ3v) is 4.57. The van der Waals surface area contributed by atoms with E-state index in [1.54, 1.807) is 24.0 Å². The summed E-state index contributed by atoms with van der Waals surface area (Å²) in [6.07, 6.45) is 1.20. The molecular weight excluding hydrogens is 308 g/mol. The van der Waals surface area contributed by atoms with Gasteiger partial charge in [0.2, 0.25) is 10.0 Å². The van der Waals surface area contributed by atoms with Gasteiger partial charge in [-0.2, -0.15) is 15.4 Å². The van der Waals surface area contributed by atoms with Gasteiger partial charge in [0.15, 0.2) is 11.5 Å². The molecule has 0 aliphatic carbocycles. The van der Waals surface area contributed by atoms with Gasteiger partial charge < -0.3 is 4.74 Å². The standard InChI is InChI=1S/C12H20N6O3S/c1-8(2)10(21-4)7-22(19,20)16-12-11(14-17-15-12)9-5-6-13-18(9)3/h5-6,8,10H,7H2,1-4H3,(H2,14,15,16,17). The molecule has 122 valence electrons. The number of H-pyrrole nitrogens is 1. The van der Waals surface area contributed by atoms with Crippen LogP contribution in [-0.2, 0) is 21.8 Å². The Balaban J connectivity index is 2.21. The summed E-state index contributed by atoms with van der Waals surface area (Å²) < 4.78 is 33.8. The van der Waals surface area contributed by atoms with Crippen LogP contribution in [-0.4, -0.2) is 52.6 Å². The van der Waals surface area contributed by atoms with Crippen molar-refractivity contribution in [3.8, 4) is 11.4 Å². The molecule has 0 saturated carbocycles. The smallest absolute Gasteiger partial charge is 0.236 e. The molecule has 0 aliphatic rings. The average Bonchev–Trinajstić information content (AvgIpc) is 3.03. The number of nitrogens with one attached hydrogen (secondary N) is 2. The van der Waals surface area contributed by atoms with Crippen LogP contribution in [0.25, 0.3) is 11.4 Å². The highest BCUT2D eigenvalue weighted by Crippen LogP contribution is 2.23. The Morgan fingerprint density at radius 1 is 1.41 bits per heavy atom. The van der Waals surface area contributed by atoms with Crippen molar-refractivity contribution in [2.75, 3.05) is 17.6 Å². The van der Waals surface area contributed by atoms with E-state index in [1.807, 2.05) is 13.8 Å². The molecular formula is C12H20N6O3S. The van der Waals surface area contributed by atoms with Gasteiger partial charge in [-0.25, -0.2) is 8.42 Å². The quantitative estimate of drug-likeness (QED) is 0.770. The molecule has 1 unspecified atom stereocenters. The Hall–Kier alpha value is -1.94. The minimum Gasteiger partial charge on any atom is -0.380 e. The van der Waals surface area contributed by atoms with Gasteiger partial charge in [-0.15, -0.1) is 5.10 Å². The van der Waals surface area contributed by atoms with E-state index in [0.29, 0.717) is 11.4 Å². The Morgan fingerprint density at radius 3 is 2.68 bits per heavy atom. The maximum Gasteiger partial charge on any atom is 0.236 e. The first-order valence-corrected chi connectivity index (χ1v) is 8.41. The summed E-state index contributed by atoms with van der Waals surface area (Å²) in [6, 6.07) is 1.72. The summed E-state index contributed by atoms with van der Waals surface area (Å²) in [5, 5.41) is 14.3. The lowest BCUT2D eigenvalue weighted by molar-refractivity contribution is 0.0829. The molecule has 9 nitrogen and oxygen atoms in total. The SMILES string of the molecule is COC(CS(=O)(=O)Nc1n[nH]nc1-c1ccnn1C)C(C)C. The molecule has 2 rings (SSSR count). The first-order valence-electron chi connectivity index (χ1n) is 6.76. The molecule has 2 heterocycles. The lowest BCUT2D eigenvalue weighted by Gasteiger charge is -2.19. The van der Waals surface area contributed by atoms with Crippen molar-refractivity contribution in [1.82, 2.24) is 25.2 Å². The third kappa shape index (κ3) is 3.63. The molecule has 2 aromatic rings. The third-order valence-electron chi connectivity index (χ3n) is 3.29. The number of rotatable bonds is 7. The average molecular weight is 328 g/mol. The lowest BCUT2D eigenvalue weighted by atomic mass is 10.1. The number of methoxy groups -OCH3 is 1. The molecule has 10 heteroatoms. The molecule has 2 aromatic heterocycles. The van der Waals surface area contributed by atoms with E-state index < -0.39 is 16.1 Å².